The Bertz CT molecular complexity index is 606. The summed E-state index contributed by atoms with van der Waals surface area (Å²) in [7, 11) is -3.38. The van der Waals surface area contributed by atoms with Gasteiger partial charge in [0.2, 0.25) is 11.9 Å². The summed E-state index contributed by atoms with van der Waals surface area (Å²) in [6.45, 7) is 7.18. The van der Waals surface area contributed by atoms with Crippen LogP contribution in [-0.4, -0.2) is 76.1 Å². The number of nitrogens with zero attached hydrogens (tertiary/aromatic N) is 6. The molecule has 0 amide bonds. The van der Waals surface area contributed by atoms with Crippen molar-refractivity contribution in [1.29, 1.82) is 0 Å². The lowest BCUT2D eigenvalue weighted by Gasteiger charge is -2.35. The van der Waals surface area contributed by atoms with Gasteiger partial charge in [-0.3, -0.25) is 4.90 Å². The van der Waals surface area contributed by atoms with E-state index in [-0.39, 0.29) is 11.9 Å². The molecule has 10 nitrogen and oxygen atoms in total. The normalized spacial score (nSPS) is 17.7. The van der Waals surface area contributed by atoms with E-state index in [4.69, 9.17) is 11.5 Å². The summed E-state index contributed by atoms with van der Waals surface area (Å²) >= 11 is 0. The molecule has 23 heavy (non-hydrogen) atoms. The van der Waals surface area contributed by atoms with Crippen LogP contribution in [0.3, 0.4) is 0 Å². The van der Waals surface area contributed by atoms with E-state index in [1.807, 2.05) is 13.8 Å². The van der Waals surface area contributed by atoms with Gasteiger partial charge >= 0.3 is 0 Å². The number of aromatic nitrogens is 3. The molecule has 1 saturated heterocycles. The number of nitrogens with two attached hydrogens (primary N) is 2. The zero-order valence-electron chi connectivity index (χ0n) is 13.5. The number of anilines is 2. The van der Waals surface area contributed by atoms with Crippen molar-refractivity contribution in [2.24, 2.45) is 0 Å². The summed E-state index contributed by atoms with van der Waals surface area (Å²) in [5, 5.41) is 0. The second-order valence-corrected chi connectivity index (χ2v) is 7.16. The summed E-state index contributed by atoms with van der Waals surface area (Å²) in [6.07, 6.45) is 0. The molecule has 0 bridgehead atoms. The maximum atomic E-state index is 12.5. The van der Waals surface area contributed by atoms with Crippen LogP contribution in [0.25, 0.3) is 0 Å². The average molecular weight is 344 g/mol. The van der Waals surface area contributed by atoms with Gasteiger partial charge in [-0.2, -0.15) is 32.0 Å². The number of hydrogen-bond acceptors (Lipinski definition) is 8. The number of nitrogen functional groups attached to an aromatic ring is 2. The molecule has 1 aliphatic heterocycles. The summed E-state index contributed by atoms with van der Waals surface area (Å²) < 4.78 is 27.9. The first-order valence-corrected chi connectivity index (χ1v) is 9.00. The van der Waals surface area contributed by atoms with Crippen LogP contribution >= 0.6 is 0 Å². The molecule has 1 aromatic heterocycles. The Hall–Kier alpha value is -1.56. The Labute approximate surface area is 136 Å². The summed E-state index contributed by atoms with van der Waals surface area (Å²) in [6, 6.07) is 0. The predicted octanol–water partition coefficient (Wildman–Crippen LogP) is -1.26. The van der Waals surface area contributed by atoms with Gasteiger partial charge < -0.3 is 11.5 Å². The minimum atomic E-state index is -3.38. The second-order valence-electron chi connectivity index (χ2n) is 5.24. The highest BCUT2D eigenvalue weighted by Gasteiger charge is 2.30. The highest BCUT2D eigenvalue weighted by atomic mass is 32.2. The van der Waals surface area contributed by atoms with Crippen molar-refractivity contribution in [1.82, 2.24) is 28.5 Å². The van der Waals surface area contributed by atoms with E-state index in [9.17, 15) is 8.42 Å². The van der Waals surface area contributed by atoms with E-state index in [1.54, 1.807) is 0 Å². The van der Waals surface area contributed by atoms with E-state index in [0.29, 0.717) is 51.6 Å². The molecule has 1 aromatic rings. The molecule has 0 atom stereocenters. The van der Waals surface area contributed by atoms with Crippen LogP contribution in [0.15, 0.2) is 0 Å². The Kier molecular flexibility index (Phi) is 5.68. The molecule has 2 heterocycles. The van der Waals surface area contributed by atoms with Gasteiger partial charge in [0.1, 0.15) is 5.82 Å². The van der Waals surface area contributed by atoms with Crippen LogP contribution in [0.1, 0.15) is 19.7 Å². The minimum absolute atomic E-state index is 0.0928. The van der Waals surface area contributed by atoms with Crippen molar-refractivity contribution in [2.75, 3.05) is 50.7 Å². The fourth-order valence-electron chi connectivity index (χ4n) is 2.56. The minimum Gasteiger partial charge on any atom is -0.368 e. The molecule has 4 N–H and O–H groups in total. The third kappa shape index (κ3) is 4.25. The molecule has 2 rings (SSSR count). The van der Waals surface area contributed by atoms with Gasteiger partial charge in [-0.05, 0) is 0 Å². The molecule has 0 spiro atoms. The zero-order valence-corrected chi connectivity index (χ0v) is 14.3. The van der Waals surface area contributed by atoms with Crippen LogP contribution in [0.5, 0.6) is 0 Å². The fraction of sp³-hybridized carbons (Fsp3) is 0.750. The maximum Gasteiger partial charge on any atom is 0.282 e. The van der Waals surface area contributed by atoms with E-state index in [2.05, 4.69) is 19.9 Å². The molecule has 1 aliphatic rings. The predicted molar refractivity (Wildman–Crippen MR) is 87.3 cm³/mol. The van der Waals surface area contributed by atoms with E-state index >= 15 is 0 Å². The Morgan fingerprint density at radius 2 is 1.52 bits per heavy atom. The van der Waals surface area contributed by atoms with Crippen LogP contribution in [0.2, 0.25) is 0 Å². The standard InChI is InChI=1S/C12H24N8O2S/c1-3-19(4-2)23(21,22)20-7-5-18(6-8-20)9-10-15-11(13)17-12(14)16-10/h3-9H2,1-2H3,(H4,13,14,15,16,17). The Balaban J connectivity index is 1.96. The summed E-state index contributed by atoms with van der Waals surface area (Å²) in [4.78, 5) is 13.9. The van der Waals surface area contributed by atoms with Crippen molar-refractivity contribution in [3.05, 3.63) is 5.82 Å². The Morgan fingerprint density at radius 3 is 2.00 bits per heavy atom. The molecule has 11 heteroatoms. The van der Waals surface area contributed by atoms with Crippen LogP contribution in [-0.2, 0) is 16.8 Å². The lowest BCUT2D eigenvalue weighted by atomic mass is 10.3. The van der Waals surface area contributed by atoms with Crippen molar-refractivity contribution < 1.29 is 8.42 Å². The summed E-state index contributed by atoms with van der Waals surface area (Å²) in [5.74, 6) is 0.681. The van der Waals surface area contributed by atoms with Gasteiger partial charge in [0.15, 0.2) is 0 Å². The largest absolute Gasteiger partial charge is 0.368 e. The van der Waals surface area contributed by atoms with Gasteiger partial charge in [0, 0.05) is 39.3 Å². The first-order valence-electron chi connectivity index (χ1n) is 7.60. The van der Waals surface area contributed by atoms with Crippen molar-refractivity contribution in [3.63, 3.8) is 0 Å². The molecule has 0 aromatic carbocycles. The highest BCUT2D eigenvalue weighted by Crippen LogP contribution is 2.13. The molecular weight excluding hydrogens is 320 g/mol. The van der Waals surface area contributed by atoms with Gasteiger partial charge in [-0.25, -0.2) is 0 Å². The van der Waals surface area contributed by atoms with Crippen molar-refractivity contribution >= 4 is 22.1 Å². The van der Waals surface area contributed by atoms with Crippen molar-refractivity contribution in [3.8, 4) is 0 Å². The van der Waals surface area contributed by atoms with E-state index in [0.717, 1.165) is 0 Å². The molecular formula is C12H24N8O2S. The second kappa shape index (κ2) is 7.34. The third-order valence-electron chi connectivity index (χ3n) is 3.77. The lowest BCUT2D eigenvalue weighted by Crippen LogP contribution is -2.52. The molecule has 0 saturated carbocycles. The van der Waals surface area contributed by atoms with Gasteiger partial charge in [-0.15, -0.1) is 0 Å². The number of piperazine rings is 1. The SMILES string of the molecule is CCN(CC)S(=O)(=O)N1CCN(Cc2nc(N)nc(N)n2)CC1. The van der Waals surface area contributed by atoms with Crippen LogP contribution in [0.4, 0.5) is 11.9 Å². The zero-order chi connectivity index (χ0) is 17.0. The van der Waals surface area contributed by atoms with Gasteiger partial charge in [0.05, 0.1) is 6.54 Å². The Morgan fingerprint density at radius 1 is 1.00 bits per heavy atom. The molecule has 0 aliphatic carbocycles. The molecule has 0 radical (unpaired) electrons. The van der Waals surface area contributed by atoms with Crippen molar-refractivity contribution in [2.45, 2.75) is 20.4 Å². The highest BCUT2D eigenvalue weighted by molar-refractivity contribution is 7.86. The van der Waals surface area contributed by atoms with Crippen LogP contribution in [0, 0.1) is 0 Å². The lowest BCUT2D eigenvalue weighted by molar-refractivity contribution is 0.172. The first-order chi connectivity index (χ1) is 10.9. The third-order valence-corrected chi connectivity index (χ3v) is 5.96. The van der Waals surface area contributed by atoms with Crippen LogP contribution < -0.4 is 11.5 Å². The quantitative estimate of drug-likeness (QED) is 0.653. The topological polar surface area (TPSA) is 135 Å². The van der Waals surface area contributed by atoms with E-state index < -0.39 is 10.2 Å². The fourth-order valence-corrected chi connectivity index (χ4v) is 4.16. The average Bonchev–Trinajstić information content (AvgIpc) is 2.47. The van der Waals surface area contributed by atoms with E-state index in [1.165, 1.54) is 8.61 Å². The first kappa shape index (κ1) is 17.8. The molecule has 130 valence electrons. The van der Waals surface area contributed by atoms with Gasteiger partial charge in [0.25, 0.3) is 10.2 Å². The maximum absolute atomic E-state index is 12.5. The summed E-state index contributed by atoms with van der Waals surface area (Å²) in [5.41, 5.74) is 11.1. The van der Waals surface area contributed by atoms with Gasteiger partial charge in [-0.1, -0.05) is 13.8 Å². The smallest absolute Gasteiger partial charge is 0.282 e. The number of hydrogen-bond donors (Lipinski definition) is 2. The number of rotatable bonds is 6. The molecule has 0 unspecified atom stereocenters. The monoisotopic (exact) mass is 344 g/mol. The molecule has 1 fully saturated rings.